The van der Waals surface area contributed by atoms with E-state index in [1.165, 1.54) is 11.1 Å². The summed E-state index contributed by atoms with van der Waals surface area (Å²) in [5, 5.41) is 4.41. The number of amides is 1. The minimum absolute atomic E-state index is 0.300. The molecule has 28 heavy (non-hydrogen) atoms. The topological polar surface area (TPSA) is 32.8 Å². The zero-order valence-electron chi connectivity index (χ0n) is 16.4. The molecule has 0 N–H and O–H groups in total. The number of fused-ring (bicyclic) bond motifs is 1. The summed E-state index contributed by atoms with van der Waals surface area (Å²) in [5.41, 5.74) is 2.73. The first kappa shape index (κ1) is 18.2. The third-order valence-corrected chi connectivity index (χ3v) is 7.46. The van der Waals surface area contributed by atoms with Crippen LogP contribution in [0.3, 0.4) is 0 Å². The van der Waals surface area contributed by atoms with Crippen LogP contribution in [-0.4, -0.2) is 48.5 Å². The zero-order chi connectivity index (χ0) is 19.1. The van der Waals surface area contributed by atoms with Crippen molar-refractivity contribution in [3.05, 3.63) is 52.2 Å². The molecule has 3 aliphatic rings. The summed E-state index contributed by atoms with van der Waals surface area (Å²) in [6, 6.07) is 11.1. The summed E-state index contributed by atoms with van der Waals surface area (Å²) in [5.74, 6) is 2.52. The van der Waals surface area contributed by atoms with Gasteiger partial charge < -0.3 is 9.64 Å². The Hall–Kier alpha value is -1.85. The van der Waals surface area contributed by atoms with E-state index in [9.17, 15) is 4.79 Å². The van der Waals surface area contributed by atoms with Gasteiger partial charge in [0.05, 0.1) is 7.11 Å². The van der Waals surface area contributed by atoms with Crippen LogP contribution < -0.4 is 4.74 Å². The van der Waals surface area contributed by atoms with Crippen LogP contribution in [0.1, 0.15) is 36.3 Å². The Morgan fingerprint density at radius 3 is 2.86 bits per heavy atom. The lowest BCUT2D eigenvalue weighted by atomic mass is 9.81. The summed E-state index contributed by atoms with van der Waals surface area (Å²) in [6.45, 7) is 4.03. The van der Waals surface area contributed by atoms with Gasteiger partial charge in [0.15, 0.2) is 0 Å². The Kier molecular flexibility index (Phi) is 4.89. The third kappa shape index (κ3) is 3.46. The number of hydrogen-bond donors (Lipinski definition) is 0. The van der Waals surface area contributed by atoms with Crippen molar-refractivity contribution in [2.24, 2.45) is 11.8 Å². The monoisotopic (exact) mass is 396 g/mol. The highest BCUT2D eigenvalue weighted by molar-refractivity contribution is 7.07. The van der Waals surface area contributed by atoms with E-state index >= 15 is 0 Å². The molecule has 3 fully saturated rings. The maximum atomic E-state index is 13.0. The number of likely N-dealkylation sites (tertiary alicyclic amines) is 2. The molecule has 1 saturated carbocycles. The molecule has 0 radical (unpaired) electrons. The highest BCUT2D eigenvalue weighted by Gasteiger charge is 2.49. The van der Waals surface area contributed by atoms with Gasteiger partial charge in [-0.25, -0.2) is 0 Å². The van der Waals surface area contributed by atoms with Crippen LogP contribution in [0.15, 0.2) is 41.1 Å². The van der Waals surface area contributed by atoms with Crippen LogP contribution in [-0.2, 0) is 11.3 Å². The van der Waals surface area contributed by atoms with E-state index in [4.69, 9.17) is 4.74 Å². The first-order valence-electron chi connectivity index (χ1n) is 10.4. The van der Waals surface area contributed by atoms with E-state index in [1.54, 1.807) is 18.4 Å². The van der Waals surface area contributed by atoms with Crippen molar-refractivity contribution in [3.63, 3.8) is 0 Å². The summed E-state index contributed by atoms with van der Waals surface area (Å²) >= 11 is 1.77. The minimum atomic E-state index is 0.300. The van der Waals surface area contributed by atoms with Crippen LogP contribution >= 0.6 is 11.3 Å². The van der Waals surface area contributed by atoms with E-state index in [1.807, 2.05) is 6.07 Å². The first-order valence-corrected chi connectivity index (χ1v) is 11.3. The van der Waals surface area contributed by atoms with Gasteiger partial charge in [0.1, 0.15) is 5.75 Å². The molecule has 0 bridgehead atoms. The third-order valence-electron chi connectivity index (χ3n) is 6.73. The SMILES string of the molecule is COc1cccc([C@H]2CN(C(=O)C3CC3)[C@@H]3CCN(Cc4ccsc4)C[C@H]23)c1. The lowest BCUT2D eigenvalue weighted by molar-refractivity contribution is -0.134. The number of carbonyl (C=O) groups excluding carboxylic acids is 1. The van der Waals surface area contributed by atoms with Crippen LogP contribution in [0.25, 0.3) is 0 Å². The fourth-order valence-electron chi connectivity index (χ4n) is 5.13. The smallest absolute Gasteiger partial charge is 0.225 e. The Balaban J connectivity index is 1.40. The quantitative estimate of drug-likeness (QED) is 0.766. The second-order valence-electron chi connectivity index (χ2n) is 8.53. The lowest BCUT2D eigenvalue weighted by Gasteiger charge is -2.39. The largest absolute Gasteiger partial charge is 0.497 e. The second-order valence-corrected chi connectivity index (χ2v) is 9.31. The molecule has 0 unspecified atom stereocenters. The van der Waals surface area contributed by atoms with Crippen molar-refractivity contribution in [2.45, 2.75) is 37.8 Å². The Morgan fingerprint density at radius 2 is 2.11 bits per heavy atom. The van der Waals surface area contributed by atoms with E-state index in [2.05, 4.69) is 44.8 Å². The molecule has 5 heteroatoms. The van der Waals surface area contributed by atoms with Gasteiger partial charge in [0.25, 0.3) is 0 Å². The highest BCUT2D eigenvalue weighted by atomic mass is 32.1. The van der Waals surface area contributed by atoms with Crippen LogP contribution in [0.4, 0.5) is 0 Å². The zero-order valence-corrected chi connectivity index (χ0v) is 17.2. The van der Waals surface area contributed by atoms with Gasteiger partial charge in [-0.15, -0.1) is 0 Å². The Bertz CT molecular complexity index is 833. The fraction of sp³-hybridized carbons (Fsp3) is 0.522. The number of ether oxygens (including phenoxy) is 1. The van der Waals surface area contributed by atoms with Gasteiger partial charge in [-0.2, -0.15) is 11.3 Å². The van der Waals surface area contributed by atoms with Crippen molar-refractivity contribution >= 4 is 17.2 Å². The lowest BCUT2D eigenvalue weighted by Crippen LogP contribution is -2.48. The predicted molar refractivity (Wildman–Crippen MR) is 112 cm³/mol. The molecule has 1 aliphatic carbocycles. The summed E-state index contributed by atoms with van der Waals surface area (Å²) < 4.78 is 5.47. The number of nitrogens with zero attached hydrogens (tertiary/aromatic N) is 2. The fourth-order valence-corrected chi connectivity index (χ4v) is 5.79. The average molecular weight is 397 g/mol. The van der Waals surface area contributed by atoms with Gasteiger partial charge >= 0.3 is 0 Å². The Morgan fingerprint density at radius 1 is 1.21 bits per heavy atom. The number of benzene rings is 1. The molecule has 2 saturated heterocycles. The molecule has 2 aromatic rings. The molecular weight excluding hydrogens is 368 g/mol. The maximum Gasteiger partial charge on any atom is 0.225 e. The molecule has 1 aromatic carbocycles. The molecule has 0 spiro atoms. The van der Waals surface area contributed by atoms with E-state index in [-0.39, 0.29) is 0 Å². The molecule has 1 amide bonds. The summed E-state index contributed by atoms with van der Waals surface area (Å²) in [6.07, 6.45) is 3.26. The number of hydrogen-bond acceptors (Lipinski definition) is 4. The average Bonchev–Trinajstić information content (AvgIpc) is 3.33. The van der Waals surface area contributed by atoms with Crippen molar-refractivity contribution in [2.75, 3.05) is 26.7 Å². The highest BCUT2D eigenvalue weighted by Crippen LogP contribution is 2.44. The van der Waals surface area contributed by atoms with Gasteiger partial charge in [0, 0.05) is 50.0 Å². The van der Waals surface area contributed by atoms with Crippen LogP contribution in [0.5, 0.6) is 5.75 Å². The van der Waals surface area contributed by atoms with Crippen LogP contribution in [0, 0.1) is 11.8 Å². The maximum absolute atomic E-state index is 13.0. The van der Waals surface area contributed by atoms with Crippen molar-refractivity contribution in [3.8, 4) is 5.75 Å². The summed E-state index contributed by atoms with van der Waals surface area (Å²) in [4.78, 5) is 17.8. The first-order chi connectivity index (χ1) is 13.7. The van der Waals surface area contributed by atoms with Gasteiger partial charge in [0.2, 0.25) is 5.91 Å². The molecule has 3 heterocycles. The number of thiophene rings is 1. The normalized spacial score (nSPS) is 27.6. The van der Waals surface area contributed by atoms with Crippen molar-refractivity contribution in [1.82, 2.24) is 9.80 Å². The van der Waals surface area contributed by atoms with Gasteiger partial charge in [-0.05, 0) is 59.3 Å². The van der Waals surface area contributed by atoms with E-state index in [0.717, 1.165) is 51.2 Å². The van der Waals surface area contributed by atoms with Gasteiger partial charge in [-0.1, -0.05) is 12.1 Å². The Labute approximate surface area is 171 Å². The van der Waals surface area contributed by atoms with Gasteiger partial charge in [-0.3, -0.25) is 9.69 Å². The summed E-state index contributed by atoms with van der Waals surface area (Å²) in [7, 11) is 1.72. The van der Waals surface area contributed by atoms with Crippen LogP contribution in [0.2, 0.25) is 0 Å². The predicted octanol–water partition coefficient (Wildman–Crippen LogP) is 3.98. The number of carbonyl (C=O) groups is 1. The minimum Gasteiger partial charge on any atom is -0.497 e. The van der Waals surface area contributed by atoms with Crippen molar-refractivity contribution < 1.29 is 9.53 Å². The molecule has 2 aliphatic heterocycles. The molecule has 3 atom stereocenters. The standard InChI is InChI=1S/C23H28N2O2S/c1-27-19-4-2-3-18(11-19)20-14-25(23(26)17-5-6-17)22-7-9-24(13-21(20)22)12-16-8-10-28-15-16/h2-4,8,10-11,15,17,20-22H,5-7,9,12-14H2,1H3/t20-,21-,22-/m1/s1. The van der Waals surface area contributed by atoms with E-state index < -0.39 is 0 Å². The molecule has 148 valence electrons. The number of methoxy groups -OCH3 is 1. The second kappa shape index (κ2) is 7.53. The molecule has 1 aromatic heterocycles. The van der Waals surface area contributed by atoms with E-state index in [0.29, 0.717) is 29.7 Å². The van der Waals surface area contributed by atoms with Crippen molar-refractivity contribution in [1.29, 1.82) is 0 Å². The molecular formula is C23H28N2O2S. The number of piperidine rings is 1. The number of rotatable bonds is 5. The molecule has 5 rings (SSSR count). The molecule has 4 nitrogen and oxygen atoms in total.